The Hall–Kier alpha value is -4.68. The highest BCUT2D eigenvalue weighted by Crippen LogP contribution is 2.27. The summed E-state index contributed by atoms with van der Waals surface area (Å²) in [5.74, 6) is 0.280. The summed E-state index contributed by atoms with van der Waals surface area (Å²) in [6, 6.07) is 32.5. The molecule has 1 heterocycles. The number of esters is 1. The Morgan fingerprint density at radius 3 is 2.22 bits per heavy atom. The number of pyridine rings is 1. The van der Waals surface area contributed by atoms with Gasteiger partial charge in [0.2, 0.25) is 0 Å². The molecule has 0 saturated heterocycles. The summed E-state index contributed by atoms with van der Waals surface area (Å²) in [6.45, 7) is -0.436. The lowest BCUT2D eigenvalue weighted by atomic mass is 10.0. The van der Waals surface area contributed by atoms with Crippen molar-refractivity contribution in [1.29, 1.82) is 0 Å². The first-order valence-electron chi connectivity index (χ1n) is 11.5. The maximum atomic E-state index is 13.0. The van der Waals surface area contributed by atoms with Gasteiger partial charge in [0.1, 0.15) is 11.5 Å². The van der Waals surface area contributed by atoms with Gasteiger partial charge in [-0.15, -0.1) is 0 Å². The molecule has 0 fully saturated rings. The zero-order valence-electron chi connectivity index (χ0n) is 19.6. The quantitative estimate of drug-likeness (QED) is 0.236. The first kappa shape index (κ1) is 24.0. The van der Waals surface area contributed by atoms with Crippen molar-refractivity contribution in [2.45, 2.75) is 0 Å². The van der Waals surface area contributed by atoms with Gasteiger partial charge < -0.3 is 14.8 Å². The molecule has 0 aliphatic carbocycles. The van der Waals surface area contributed by atoms with E-state index < -0.39 is 18.5 Å². The van der Waals surface area contributed by atoms with Crippen LogP contribution in [0.3, 0.4) is 0 Å². The predicted molar refractivity (Wildman–Crippen MR) is 144 cm³/mol. The van der Waals surface area contributed by atoms with Crippen molar-refractivity contribution in [1.82, 2.24) is 4.98 Å². The van der Waals surface area contributed by atoms with E-state index in [1.807, 2.05) is 60.7 Å². The number of nitrogens with one attached hydrogen (secondary N) is 1. The van der Waals surface area contributed by atoms with E-state index in [1.165, 1.54) is 0 Å². The standard InChI is InChI=1S/C30H21ClN2O4/c31-21-12-10-20(11-13-21)28-18-26(25-8-4-5-9-27(25)33-28)30(35)36-19-29(34)32-22-14-16-24(17-15-22)37-23-6-2-1-3-7-23/h1-18H,19H2,(H,32,34). The van der Waals surface area contributed by atoms with Gasteiger partial charge in [-0.3, -0.25) is 4.79 Å². The van der Waals surface area contributed by atoms with Gasteiger partial charge in [-0.25, -0.2) is 9.78 Å². The highest BCUT2D eigenvalue weighted by atomic mass is 35.5. The van der Waals surface area contributed by atoms with Gasteiger partial charge in [0, 0.05) is 21.7 Å². The van der Waals surface area contributed by atoms with Gasteiger partial charge in [0.05, 0.1) is 16.8 Å². The summed E-state index contributed by atoms with van der Waals surface area (Å²) in [4.78, 5) is 30.1. The van der Waals surface area contributed by atoms with Crippen LogP contribution in [-0.2, 0) is 9.53 Å². The van der Waals surface area contributed by atoms with Crippen LogP contribution in [0.15, 0.2) is 109 Å². The molecular formula is C30H21ClN2O4. The lowest BCUT2D eigenvalue weighted by molar-refractivity contribution is -0.119. The number of amides is 1. The number of benzene rings is 4. The van der Waals surface area contributed by atoms with Crippen LogP contribution in [-0.4, -0.2) is 23.5 Å². The Morgan fingerprint density at radius 1 is 0.784 bits per heavy atom. The average Bonchev–Trinajstić information content (AvgIpc) is 2.93. The Labute approximate surface area is 218 Å². The first-order chi connectivity index (χ1) is 18.0. The summed E-state index contributed by atoms with van der Waals surface area (Å²) in [6.07, 6.45) is 0. The molecule has 4 aromatic carbocycles. The van der Waals surface area contributed by atoms with Crippen molar-refractivity contribution < 1.29 is 19.1 Å². The van der Waals surface area contributed by atoms with Crippen LogP contribution in [0.25, 0.3) is 22.2 Å². The Balaban J connectivity index is 1.25. The number of carbonyl (C=O) groups excluding carboxylic acids is 2. The second-order valence-corrected chi connectivity index (χ2v) is 8.58. The molecule has 0 unspecified atom stereocenters. The number of fused-ring (bicyclic) bond motifs is 1. The molecule has 0 spiro atoms. The molecule has 1 aromatic heterocycles. The molecular weight excluding hydrogens is 488 g/mol. The summed E-state index contributed by atoms with van der Waals surface area (Å²) in [5.41, 5.74) is 2.93. The zero-order chi connectivity index (χ0) is 25.6. The molecule has 0 radical (unpaired) electrons. The number of halogens is 1. The van der Waals surface area contributed by atoms with Crippen molar-refractivity contribution in [3.63, 3.8) is 0 Å². The molecule has 37 heavy (non-hydrogen) atoms. The minimum absolute atomic E-state index is 0.325. The smallest absolute Gasteiger partial charge is 0.339 e. The molecule has 0 bridgehead atoms. The third-order valence-electron chi connectivity index (χ3n) is 5.53. The number of ether oxygens (including phenoxy) is 2. The number of para-hydroxylation sites is 2. The predicted octanol–water partition coefficient (Wildman–Crippen LogP) is 7.14. The maximum Gasteiger partial charge on any atom is 0.339 e. The Bertz CT molecular complexity index is 1550. The number of hydrogen-bond donors (Lipinski definition) is 1. The van der Waals surface area contributed by atoms with Crippen molar-refractivity contribution >= 4 is 40.1 Å². The summed E-state index contributed by atoms with van der Waals surface area (Å²) in [5, 5.41) is 3.97. The van der Waals surface area contributed by atoms with Crippen LogP contribution in [0.4, 0.5) is 5.69 Å². The van der Waals surface area contributed by atoms with Crippen LogP contribution in [0.5, 0.6) is 11.5 Å². The lowest BCUT2D eigenvalue weighted by Gasteiger charge is -2.11. The van der Waals surface area contributed by atoms with Crippen LogP contribution in [0, 0.1) is 0 Å². The van der Waals surface area contributed by atoms with Gasteiger partial charge in [0.25, 0.3) is 5.91 Å². The molecule has 5 aromatic rings. The van der Waals surface area contributed by atoms with E-state index in [9.17, 15) is 9.59 Å². The van der Waals surface area contributed by atoms with Crippen molar-refractivity contribution in [2.75, 3.05) is 11.9 Å². The SMILES string of the molecule is O=C(COC(=O)c1cc(-c2ccc(Cl)cc2)nc2ccccc12)Nc1ccc(Oc2ccccc2)cc1. The van der Waals surface area contributed by atoms with Gasteiger partial charge >= 0.3 is 5.97 Å². The zero-order valence-corrected chi connectivity index (χ0v) is 20.3. The fourth-order valence-corrected chi connectivity index (χ4v) is 3.88. The summed E-state index contributed by atoms with van der Waals surface area (Å²) >= 11 is 6.01. The molecule has 1 N–H and O–H groups in total. The van der Waals surface area contributed by atoms with Crippen molar-refractivity contribution in [3.8, 4) is 22.8 Å². The van der Waals surface area contributed by atoms with E-state index in [0.717, 1.165) is 5.56 Å². The van der Waals surface area contributed by atoms with E-state index in [0.29, 0.717) is 44.4 Å². The van der Waals surface area contributed by atoms with E-state index >= 15 is 0 Å². The average molecular weight is 509 g/mol. The van der Waals surface area contributed by atoms with Gasteiger partial charge in [-0.1, -0.05) is 60.1 Å². The highest BCUT2D eigenvalue weighted by molar-refractivity contribution is 6.30. The van der Waals surface area contributed by atoms with Gasteiger partial charge in [0.15, 0.2) is 6.61 Å². The number of aromatic nitrogens is 1. The summed E-state index contributed by atoms with van der Waals surface area (Å²) in [7, 11) is 0. The monoisotopic (exact) mass is 508 g/mol. The first-order valence-corrected chi connectivity index (χ1v) is 11.9. The molecule has 182 valence electrons. The third kappa shape index (κ3) is 5.94. The van der Waals surface area contributed by atoms with E-state index in [1.54, 1.807) is 48.5 Å². The molecule has 7 heteroatoms. The molecule has 5 rings (SSSR count). The van der Waals surface area contributed by atoms with E-state index in [2.05, 4.69) is 10.3 Å². The van der Waals surface area contributed by atoms with Crippen LogP contribution < -0.4 is 10.1 Å². The van der Waals surface area contributed by atoms with Gasteiger partial charge in [-0.05, 0) is 60.7 Å². The second-order valence-electron chi connectivity index (χ2n) is 8.14. The maximum absolute atomic E-state index is 13.0. The third-order valence-corrected chi connectivity index (χ3v) is 5.78. The normalized spacial score (nSPS) is 10.6. The number of nitrogens with zero attached hydrogens (tertiary/aromatic N) is 1. The lowest BCUT2D eigenvalue weighted by Crippen LogP contribution is -2.21. The van der Waals surface area contributed by atoms with Crippen LogP contribution in [0.1, 0.15) is 10.4 Å². The van der Waals surface area contributed by atoms with E-state index in [-0.39, 0.29) is 0 Å². The second kappa shape index (κ2) is 10.9. The summed E-state index contributed by atoms with van der Waals surface area (Å²) < 4.78 is 11.1. The van der Waals surface area contributed by atoms with Crippen LogP contribution >= 0.6 is 11.6 Å². The van der Waals surface area contributed by atoms with Crippen molar-refractivity contribution in [2.24, 2.45) is 0 Å². The molecule has 0 atom stereocenters. The Morgan fingerprint density at radius 2 is 1.46 bits per heavy atom. The molecule has 6 nitrogen and oxygen atoms in total. The molecule has 1 amide bonds. The molecule has 0 aliphatic heterocycles. The fourth-order valence-electron chi connectivity index (χ4n) is 3.75. The number of rotatable bonds is 7. The van der Waals surface area contributed by atoms with Crippen molar-refractivity contribution in [3.05, 3.63) is 120 Å². The largest absolute Gasteiger partial charge is 0.457 e. The number of hydrogen-bond acceptors (Lipinski definition) is 5. The number of carbonyl (C=O) groups is 2. The number of anilines is 1. The van der Waals surface area contributed by atoms with Gasteiger partial charge in [-0.2, -0.15) is 0 Å². The highest BCUT2D eigenvalue weighted by Gasteiger charge is 2.17. The Kier molecular flexibility index (Phi) is 7.10. The van der Waals surface area contributed by atoms with Crippen LogP contribution in [0.2, 0.25) is 5.02 Å². The minimum Gasteiger partial charge on any atom is -0.457 e. The molecule has 0 aliphatic rings. The topological polar surface area (TPSA) is 77.5 Å². The van der Waals surface area contributed by atoms with E-state index in [4.69, 9.17) is 21.1 Å². The fraction of sp³-hybridized carbons (Fsp3) is 0.0333. The molecule has 0 saturated carbocycles. The minimum atomic E-state index is -0.615.